The second-order valence-electron chi connectivity index (χ2n) is 7.11. The van der Waals surface area contributed by atoms with E-state index in [2.05, 4.69) is 15.1 Å². The van der Waals surface area contributed by atoms with Gasteiger partial charge in [0.2, 0.25) is 5.91 Å². The van der Waals surface area contributed by atoms with Crippen molar-refractivity contribution in [2.45, 2.75) is 57.4 Å². The van der Waals surface area contributed by atoms with Crippen molar-refractivity contribution in [3.8, 4) is 0 Å². The number of nitrogens with one attached hydrogen (secondary N) is 1. The summed E-state index contributed by atoms with van der Waals surface area (Å²) in [6.45, 7) is 6.80. The largest absolute Gasteiger partial charge is 0.343 e. The van der Waals surface area contributed by atoms with Gasteiger partial charge in [0.25, 0.3) is 0 Å². The number of likely N-dealkylation sites (tertiary alicyclic amines) is 2. The molecule has 1 amide bonds. The van der Waals surface area contributed by atoms with Crippen molar-refractivity contribution >= 4 is 5.91 Å². The molecule has 4 nitrogen and oxygen atoms in total. The standard InChI is InChI=1S/C17H31N3O/c21-17(5-4-15-6-9-18-14-15)20-12-7-16(8-13-20)19-10-2-1-3-11-19/h15-16,18H,1-14H2. The zero-order valence-electron chi connectivity index (χ0n) is 13.4. The van der Waals surface area contributed by atoms with Gasteiger partial charge in [-0.3, -0.25) is 4.79 Å². The van der Waals surface area contributed by atoms with Crippen LogP contribution < -0.4 is 5.32 Å². The summed E-state index contributed by atoms with van der Waals surface area (Å²) < 4.78 is 0. The zero-order valence-corrected chi connectivity index (χ0v) is 13.4. The Hall–Kier alpha value is -0.610. The lowest BCUT2D eigenvalue weighted by atomic mass is 9.98. The quantitative estimate of drug-likeness (QED) is 0.859. The number of carbonyl (C=O) groups is 1. The Morgan fingerprint density at radius 3 is 2.43 bits per heavy atom. The van der Waals surface area contributed by atoms with Crippen LogP contribution in [-0.4, -0.2) is 61.0 Å². The van der Waals surface area contributed by atoms with Crippen LogP contribution in [0.25, 0.3) is 0 Å². The predicted molar refractivity (Wildman–Crippen MR) is 85.2 cm³/mol. The van der Waals surface area contributed by atoms with Gasteiger partial charge in [-0.25, -0.2) is 0 Å². The SMILES string of the molecule is O=C(CCC1CCNC1)N1CCC(N2CCCCC2)CC1. The molecule has 3 aliphatic rings. The van der Waals surface area contributed by atoms with E-state index in [-0.39, 0.29) is 0 Å². The number of hydrogen-bond donors (Lipinski definition) is 1. The van der Waals surface area contributed by atoms with Gasteiger partial charge in [-0.2, -0.15) is 0 Å². The maximum atomic E-state index is 12.3. The number of hydrogen-bond acceptors (Lipinski definition) is 3. The molecule has 3 saturated heterocycles. The smallest absolute Gasteiger partial charge is 0.222 e. The molecule has 3 rings (SSSR count). The second kappa shape index (κ2) is 7.59. The molecule has 0 aromatic carbocycles. The average molecular weight is 293 g/mol. The molecule has 3 fully saturated rings. The summed E-state index contributed by atoms with van der Waals surface area (Å²) in [6, 6.07) is 0.744. The van der Waals surface area contributed by atoms with Gasteiger partial charge in [0.1, 0.15) is 0 Å². The molecule has 3 aliphatic heterocycles. The van der Waals surface area contributed by atoms with Crippen LogP contribution in [0, 0.1) is 5.92 Å². The number of piperidine rings is 2. The van der Waals surface area contributed by atoms with Crippen LogP contribution in [-0.2, 0) is 4.79 Å². The van der Waals surface area contributed by atoms with Crippen molar-refractivity contribution in [1.29, 1.82) is 0 Å². The minimum Gasteiger partial charge on any atom is -0.343 e. The topological polar surface area (TPSA) is 35.6 Å². The molecule has 0 spiro atoms. The third-order valence-electron chi connectivity index (χ3n) is 5.65. The maximum Gasteiger partial charge on any atom is 0.222 e. The number of amides is 1. The molecule has 1 atom stereocenters. The first-order valence-electron chi connectivity index (χ1n) is 9.05. The van der Waals surface area contributed by atoms with Crippen LogP contribution in [0.5, 0.6) is 0 Å². The minimum atomic E-state index is 0.402. The lowest BCUT2D eigenvalue weighted by molar-refractivity contribution is -0.133. The summed E-state index contributed by atoms with van der Waals surface area (Å²) in [6.07, 6.45) is 9.63. The summed E-state index contributed by atoms with van der Waals surface area (Å²) in [7, 11) is 0. The van der Waals surface area contributed by atoms with Crippen LogP contribution in [0.15, 0.2) is 0 Å². The van der Waals surface area contributed by atoms with Crippen molar-refractivity contribution in [2.75, 3.05) is 39.3 Å². The Morgan fingerprint density at radius 1 is 1.00 bits per heavy atom. The molecular formula is C17H31N3O. The monoisotopic (exact) mass is 293 g/mol. The first kappa shape index (κ1) is 15.3. The average Bonchev–Trinajstić information content (AvgIpc) is 3.07. The van der Waals surface area contributed by atoms with Gasteiger partial charge in [-0.15, -0.1) is 0 Å². The number of nitrogens with zero attached hydrogens (tertiary/aromatic N) is 2. The minimum absolute atomic E-state index is 0.402. The molecule has 3 heterocycles. The summed E-state index contributed by atoms with van der Waals surface area (Å²) in [4.78, 5) is 17.1. The molecule has 1 N–H and O–H groups in total. The van der Waals surface area contributed by atoms with Gasteiger partial charge >= 0.3 is 0 Å². The van der Waals surface area contributed by atoms with E-state index in [0.29, 0.717) is 5.91 Å². The zero-order chi connectivity index (χ0) is 14.5. The Bertz CT molecular complexity index is 327. The van der Waals surface area contributed by atoms with E-state index < -0.39 is 0 Å². The van der Waals surface area contributed by atoms with E-state index in [1.54, 1.807) is 0 Å². The highest BCUT2D eigenvalue weighted by molar-refractivity contribution is 5.76. The van der Waals surface area contributed by atoms with Gasteiger partial charge in [0.05, 0.1) is 0 Å². The Kier molecular flexibility index (Phi) is 5.53. The Balaban J connectivity index is 1.37. The third-order valence-corrected chi connectivity index (χ3v) is 5.65. The molecule has 120 valence electrons. The van der Waals surface area contributed by atoms with E-state index in [1.165, 1.54) is 51.6 Å². The lowest BCUT2D eigenvalue weighted by Gasteiger charge is -2.40. The molecule has 21 heavy (non-hydrogen) atoms. The van der Waals surface area contributed by atoms with Crippen molar-refractivity contribution in [1.82, 2.24) is 15.1 Å². The highest BCUT2D eigenvalue weighted by Gasteiger charge is 2.27. The first-order valence-corrected chi connectivity index (χ1v) is 9.05. The lowest BCUT2D eigenvalue weighted by Crippen LogP contribution is -2.48. The predicted octanol–water partition coefficient (Wildman–Crippen LogP) is 1.85. The van der Waals surface area contributed by atoms with Crippen LogP contribution in [0.3, 0.4) is 0 Å². The van der Waals surface area contributed by atoms with Crippen molar-refractivity contribution in [3.05, 3.63) is 0 Å². The fourth-order valence-electron chi connectivity index (χ4n) is 4.21. The molecule has 0 bridgehead atoms. The highest BCUT2D eigenvalue weighted by atomic mass is 16.2. The van der Waals surface area contributed by atoms with E-state index >= 15 is 0 Å². The molecule has 0 saturated carbocycles. The van der Waals surface area contributed by atoms with Gasteiger partial charge in [0.15, 0.2) is 0 Å². The Labute approximate surface area is 129 Å². The van der Waals surface area contributed by atoms with E-state index in [4.69, 9.17) is 0 Å². The van der Waals surface area contributed by atoms with Crippen molar-refractivity contribution < 1.29 is 4.79 Å². The maximum absolute atomic E-state index is 12.3. The van der Waals surface area contributed by atoms with Crippen LogP contribution in [0.1, 0.15) is 51.4 Å². The first-order chi connectivity index (χ1) is 10.3. The molecule has 0 radical (unpaired) electrons. The summed E-state index contributed by atoms with van der Waals surface area (Å²) in [5.74, 6) is 1.14. The van der Waals surface area contributed by atoms with Crippen LogP contribution >= 0.6 is 0 Å². The van der Waals surface area contributed by atoms with Crippen molar-refractivity contribution in [3.63, 3.8) is 0 Å². The third kappa shape index (κ3) is 4.19. The second-order valence-corrected chi connectivity index (χ2v) is 7.11. The number of rotatable bonds is 4. The van der Waals surface area contributed by atoms with Gasteiger partial charge in [-0.05, 0) is 70.6 Å². The highest BCUT2D eigenvalue weighted by Crippen LogP contribution is 2.22. The van der Waals surface area contributed by atoms with Gasteiger partial charge < -0.3 is 15.1 Å². The molecule has 1 unspecified atom stereocenters. The summed E-state index contributed by atoms with van der Waals surface area (Å²) in [5.41, 5.74) is 0. The van der Waals surface area contributed by atoms with Gasteiger partial charge in [0, 0.05) is 25.6 Å². The fraction of sp³-hybridized carbons (Fsp3) is 0.941. The van der Waals surface area contributed by atoms with Crippen LogP contribution in [0.2, 0.25) is 0 Å². The fourth-order valence-corrected chi connectivity index (χ4v) is 4.21. The summed E-state index contributed by atoms with van der Waals surface area (Å²) >= 11 is 0. The van der Waals surface area contributed by atoms with E-state index in [0.717, 1.165) is 51.0 Å². The normalized spacial score (nSPS) is 29.0. The van der Waals surface area contributed by atoms with E-state index in [1.807, 2.05) is 0 Å². The van der Waals surface area contributed by atoms with Crippen LogP contribution in [0.4, 0.5) is 0 Å². The van der Waals surface area contributed by atoms with Crippen molar-refractivity contribution in [2.24, 2.45) is 5.92 Å². The Morgan fingerprint density at radius 2 is 1.76 bits per heavy atom. The summed E-state index contributed by atoms with van der Waals surface area (Å²) in [5, 5.41) is 3.39. The molecule has 0 aromatic rings. The molecule has 0 aliphatic carbocycles. The molecule has 4 heteroatoms. The molecule has 0 aromatic heterocycles. The molecular weight excluding hydrogens is 262 g/mol. The van der Waals surface area contributed by atoms with E-state index in [9.17, 15) is 4.79 Å². The van der Waals surface area contributed by atoms with Gasteiger partial charge in [-0.1, -0.05) is 6.42 Å². The number of carbonyl (C=O) groups excluding carboxylic acids is 1.